The lowest BCUT2D eigenvalue weighted by Gasteiger charge is -2.26. The van der Waals surface area contributed by atoms with Gasteiger partial charge in [0.25, 0.3) is 0 Å². The summed E-state index contributed by atoms with van der Waals surface area (Å²) in [6, 6.07) is 0. The third-order valence-electron chi connectivity index (χ3n) is 2.63. The first-order valence-electron chi connectivity index (χ1n) is 5.87. The largest absolute Gasteiger partial charge is 0.379 e. The highest BCUT2D eigenvalue weighted by Gasteiger charge is 2.20. The van der Waals surface area contributed by atoms with E-state index in [9.17, 15) is 4.79 Å². The van der Waals surface area contributed by atoms with E-state index < -0.39 is 5.54 Å². The molecule has 0 aromatic carbocycles. The van der Waals surface area contributed by atoms with Crippen LogP contribution in [0.4, 0.5) is 0 Å². The van der Waals surface area contributed by atoms with Gasteiger partial charge in [0.1, 0.15) is 0 Å². The summed E-state index contributed by atoms with van der Waals surface area (Å²) in [5.41, 5.74) is 4.89. The Hall–Kier alpha value is -0.650. The molecule has 0 aromatic heterocycles. The molecular weight excluding hydrogens is 206 g/mol. The van der Waals surface area contributed by atoms with E-state index in [1.807, 2.05) is 0 Å². The first-order valence-corrected chi connectivity index (χ1v) is 5.87. The third-order valence-corrected chi connectivity index (χ3v) is 2.63. The number of carbonyl (C=O) groups is 1. The van der Waals surface area contributed by atoms with Gasteiger partial charge in [-0.3, -0.25) is 9.69 Å². The number of carbonyl (C=O) groups excluding carboxylic acids is 1. The van der Waals surface area contributed by atoms with Gasteiger partial charge < -0.3 is 15.8 Å². The van der Waals surface area contributed by atoms with E-state index in [4.69, 9.17) is 10.5 Å². The molecule has 94 valence electrons. The van der Waals surface area contributed by atoms with Crippen molar-refractivity contribution >= 4 is 5.91 Å². The zero-order valence-electron chi connectivity index (χ0n) is 10.3. The van der Waals surface area contributed by atoms with Gasteiger partial charge in [-0.05, 0) is 26.8 Å². The van der Waals surface area contributed by atoms with E-state index in [2.05, 4.69) is 10.2 Å². The molecule has 16 heavy (non-hydrogen) atoms. The van der Waals surface area contributed by atoms with Crippen LogP contribution in [0.1, 0.15) is 20.3 Å². The topological polar surface area (TPSA) is 67.6 Å². The van der Waals surface area contributed by atoms with E-state index in [-0.39, 0.29) is 5.91 Å². The Morgan fingerprint density at radius 3 is 2.62 bits per heavy atom. The van der Waals surface area contributed by atoms with Crippen molar-refractivity contribution in [1.82, 2.24) is 10.2 Å². The maximum atomic E-state index is 11.4. The van der Waals surface area contributed by atoms with Crippen molar-refractivity contribution in [3.8, 4) is 0 Å². The van der Waals surface area contributed by atoms with Crippen LogP contribution in [-0.2, 0) is 9.53 Å². The lowest BCUT2D eigenvalue weighted by atomic mass is 10.1. The van der Waals surface area contributed by atoms with E-state index in [1.54, 1.807) is 13.8 Å². The van der Waals surface area contributed by atoms with Crippen molar-refractivity contribution in [2.75, 3.05) is 39.4 Å². The fraction of sp³-hybridized carbons (Fsp3) is 0.909. The van der Waals surface area contributed by atoms with Gasteiger partial charge in [0.15, 0.2) is 0 Å². The average molecular weight is 229 g/mol. The number of amides is 1. The maximum Gasteiger partial charge on any atom is 0.239 e. The zero-order chi connectivity index (χ0) is 12.0. The molecule has 1 fully saturated rings. The minimum Gasteiger partial charge on any atom is -0.379 e. The second-order valence-corrected chi connectivity index (χ2v) is 4.79. The second kappa shape index (κ2) is 6.18. The van der Waals surface area contributed by atoms with Crippen LogP contribution in [0.2, 0.25) is 0 Å². The Morgan fingerprint density at radius 2 is 2.06 bits per heavy atom. The molecule has 0 radical (unpaired) electrons. The van der Waals surface area contributed by atoms with Gasteiger partial charge in [0, 0.05) is 19.6 Å². The highest BCUT2D eigenvalue weighted by Crippen LogP contribution is 1.98. The molecule has 0 unspecified atom stereocenters. The number of nitrogens with one attached hydrogen (secondary N) is 1. The van der Waals surface area contributed by atoms with Crippen LogP contribution in [0.5, 0.6) is 0 Å². The van der Waals surface area contributed by atoms with Gasteiger partial charge in [0.2, 0.25) is 5.91 Å². The van der Waals surface area contributed by atoms with Crippen LogP contribution in [0.25, 0.3) is 0 Å². The summed E-state index contributed by atoms with van der Waals surface area (Å²) in [4.78, 5) is 13.8. The first kappa shape index (κ1) is 13.4. The lowest BCUT2D eigenvalue weighted by Crippen LogP contribution is -2.49. The molecular formula is C11H23N3O2. The van der Waals surface area contributed by atoms with Crippen molar-refractivity contribution in [2.24, 2.45) is 5.73 Å². The molecule has 1 aliphatic rings. The third kappa shape index (κ3) is 4.92. The summed E-state index contributed by atoms with van der Waals surface area (Å²) in [6.45, 7) is 8.76. The molecule has 1 rings (SSSR count). The molecule has 0 aliphatic carbocycles. The van der Waals surface area contributed by atoms with Gasteiger partial charge in [-0.25, -0.2) is 0 Å². The summed E-state index contributed by atoms with van der Waals surface area (Å²) >= 11 is 0. The number of rotatable bonds is 5. The van der Waals surface area contributed by atoms with Gasteiger partial charge in [0.05, 0.1) is 18.8 Å². The Morgan fingerprint density at radius 1 is 1.44 bits per heavy atom. The quantitative estimate of drug-likeness (QED) is 0.627. The SMILES string of the molecule is CC(C)(N)C(=O)NCCCN1CCOCC1. The molecule has 0 bridgehead atoms. The molecule has 1 heterocycles. The molecule has 0 saturated carbocycles. The normalized spacial score (nSPS) is 18.4. The van der Waals surface area contributed by atoms with Crippen LogP contribution in [0, 0.1) is 0 Å². The fourth-order valence-electron chi connectivity index (χ4n) is 1.56. The molecule has 0 aromatic rings. The van der Waals surface area contributed by atoms with E-state index in [0.717, 1.165) is 39.3 Å². The van der Waals surface area contributed by atoms with Crippen molar-refractivity contribution < 1.29 is 9.53 Å². The molecule has 5 nitrogen and oxygen atoms in total. The molecule has 1 saturated heterocycles. The maximum absolute atomic E-state index is 11.4. The first-order chi connectivity index (χ1) is 7.50. The van der Waals surface area contributed by atoms with Crippen LogP contribution >= 0.6 is 0 Å². The van der Waals surface area contributed by atoms with Crippen molar-refractivity contribution in [2.45, 2.75) is 25.8 Å². The Balaban J connectivity index is 2.05. The zero-order valence-corrected chi connectivity index (χ0v) is 10.3. The standard InChI is InChI=1S/C11H23N3O2/c1-11(2,12)10(15)13-4-3-5-14-6-8-16-9-7-14/h3-9,12H2,1-2H3,(H,13,15). The van der Waals surface area contributed by atoms with Crippen LogP contribution < -0.4 is 11.1 Å². The van der Waals surface area contributed by atoms with E-state index >= 15 is 0 Å². The molecule has 5 heteroatoms. The number of ether oxygens (including phenoxy) is 1. The minimum absolute atomic E-state index is 0.0884. The summed E-state index contributed by atoms with van der Waals surface area (Å²) in [6.07, 6.45) is 0.960. The van der Waals surface area contributed by atoms with E-state index in [0.29, 0.717) is 6.54 Å². The van der Waals surface area contributed by atoms with Crippen molar-refractivity contribution in [3.05, 3.63) is 0 Å². The number of nitrogens with two attached hydrogens (primary N) is 1. The highest BCUT2D eigenvalue weighted by atomic mass is 16.5. The summed E-state index contributed by atoms with van der Waals surface area (Å²) < 4.78 is 5.26. The van der Waals surface area contributed by atoms with E-state index in [1.165, 1.54) is 0 Å². The van der Waals surface area contributed by atoms with Gasteiger partial charge >= 0.3 is 0 Å². The smallest absolute Gasteiger partial charge is 0.239 e. The molecule has 0 atom stereocenters. The Kier molecular flexibility index (Phi) is 5.18. The number of hydrogen-bond donors (Lipinski definition) is 2. The van der Waals surface area contributed by atoms with Crippen LogP contribution in [0.15, 0.2) is 0 Å². The summed E-state index contributed by atoms with van der Waals surface area (Å²) in [5, 5.41) is 2.84. The van der Waals surface area contributed by atoms with Crippen LogP contribution in [0.3, 0.4) is 0 Å². The van der Waals surface area contributed by atoms with Crippen molar-refractivity contribution in [1.29, 1.82) is 0 Å². The summed E-state index contributed by atoms with van der Waals surface area (Å²) in [5.74, 6) is -0.0884. The lowest BCUT2D eigenvalue weighted by molar-refractivity contribution is -0.125. The number of morpholine rings is 1. The predicted molar refractivity (Wildman–Crippen MR) is 63.2 cm³/mol. The Labute approximate surface area is 97.3 Å². The van der Waals surface area contributed by atoms with Crippen LogP contribution in [-0.4, -0.2) is 55.7 Å². The molecule has 1 amide bonds. The molecule has 1 aliphatic heterocycles. The van der Waals surface area contributed by atoms with Gasteiger partial charge in [-0.15, -0.1) is 0 Å². The van der Waals surface area contributed by atoms with Crippen molar-refractivity contribution in [3.63, 3.8) is 0 Å². The highest BCUT2D eigenvalue weighted by molar-refractivity contribution is 5.84. The number of nitrogens with zero attached hydrogens (tertiary/aromatic N) is 1. The fourth-order valence-corrected chi connectivity index (χ4v) is 1.56. The second-order valence-electron chi connectivity index (χ2n) is 4.79. The van der Waals surface area contributed by atoms with Gasteiger partial charge in [-0.2, -0.15) is 0 Å². The molecule has 3 N–H and O–H groups in total. The number of hydrogen-bond acceptors (Lipinski definition) is 4. The monoisotopic (exact) mass is 229 g/mol. The Bertz CT molecular complexity index is 220. The van der Waals surface area contributed by atoms with Gasteiger partial charge in [-0.1, -0.05) is 0 Å². The predicted octanol–water partition coefficient (Wildman–Crippen LogP) is -0.438. The summed E-state index contributed by atoms with van der Waals surface area (Å²) in [7, 11) is 0. The minimum atomic E-state index is -0.779. The molecule has 0 spiro atoms. The average Bonchev–Trinajstić information content (AvgIpc) is 2.24.